The van der Waals surface area contributed by atoms with Gasteiger partial charge in [-0.15, -0.1) is 0 Å². The third-order valence-corrected chi connectivity index (χ3v) is 3.79. The second-order valence-corrected chi connectivity index (χ2v) is 5.47. The van der Waals surface area contributed by atoms with Gasteiger partial charge >= 0.3 is 0 Å². The average molecular weight is 277 g/mol. The summed E-state index contributed by atoms with van der Waals surface area (Å²) >= 11 is 0. The first-order valence-electron chi connectivity index (χ1n) is 7.14. The lowest BCUT2D eigenvalue weighted by Gasteiger charge is -2.36. The minimum Gasteiger partial charge on any atom is -0.383 e. The Bertz CT molecular complexity index is 488. The molecule has 1 atom stereocenters. The molecule has 1 aliphatic heterocycles. The van der Waals surface area contributed by atoms with Crippen molar-refractivity contribution >= 4 is 17.5 Å². The maximum absolute atomic E-state index is 12.1. The molecule has 2 heterocycles. The van der Waals surface area contributed by atoms with Crippen LogP contribution in [0.25, 0.3) is 0 Å². The molecule has 1 saturated heterocycles. The van der Waals surface area contributed by atoms with Gasteiger partial charge in [-0.3, -0.25) is 4.79 Å². The fourth-order valence-electron chi connectivity index (χ4n) is 2.81. The molecule has 6 heteroatoms. The fourth-order valence-corrected chi connectivity index (χ4v) is 2.81. The number of nitrogen functional groups attached to an aromatic ring is 1. The lowest BCUT2D eigenvalue weighted by molar-refractivity contribution is -0.122. The van der Waals surface area contributed by atoms with Crippen LogP contribution in [0.3, 0.4) is 0 Å². The molecule has 6 nitrogen and oxygen atoms in total. The maximum atomic E-state index is 12.1. The molecule has 110 valence electrons. The van der Waals surface area contributed by atoms with Gasteiger partial charge in [-0.1, -0.05) is 13.8 Å². The molecule has 0 aromatic carbocycles. The van der Waals surface area contributed by atoms with E-state index in [0.717, 1.165) is 37.2 Å². The molecule has 0 radical (unpaired) electrons. The Kier molecular flexibility index (Phi) is 4.42. The van der Waals surface area contributed by atoms with Crippen molar-refractivity contribution in [2.75, 3.05) is 24.2 Å². The number of aromatic nitrogens is 2. The third-order valence-electron chi connectivity index (χ3n) is 3.79. The van der Waals surface area contributed by atoms with E-state index in [2.05, 4.69) is 34.0 Å². The number of likely N-dealkylation sites (N-methyl/N-ethyl adjacent to an activating group) is 1. The topological polar surface area (TPSA) is 84.1 Å². The van der Waals surface area contributed by atoms with Gasteiger partial charge in [0.05, 0.1) is 0 Å². The molecular formula is C14H23N5O. The van der Waals surface area contributed by atoms with E-state index in [9.17, 15) is 4.79 Å². The van der Waals surface area contributed by atoms with E-state index in [4.69, 9.17) is 5.73 Å². The number of rotatable bonds is 3. The van der Waals surface area contributed by atoms with E-state index in [-0.39, 0.29) is 17.9 Å². The zero-order valence-corrected chi connectivity index (χ0v) is 12.4. The van der Waals surface area contributed by atoms with Crippen LogP contribution in [0.4, 0.5) is 11.6 Å². The second-order valence-electron chi connectivity index (χ2n) is 5.47. The number of nitrogens with two attached hydrogens (primary N) is 1. The van der Waals surface area contributed by atoms with Crippen molar-refractivity contribution in [2.45, 2.75) is 45.1 Å². The first-order valence-corrected chi connectivity index (χ1v) is 7.14. The van der Waals surface area contributed by atoms with Gasteiger partial charge in [0.2, 0.25) is 5.91 Å². The van der Waals surface area contributed by atoms with Gasteiger partial charge in [0.25, 0.3) is 0 Å². The summed E-state index contributed by atoms with van der Waals surface area (Å²) in [5, 5.41) is 2.74. The van der Waals surface area contributed by atoms with Gasteiger partial charge in [-0.25, -0.2) is 9.97 Å². The highest BCUT2D eigenvalue weighted by Crippen LogP contribution is 2.32. The van der Waals surface area contributed by atoms with Crippen molar-refractivity contribution in [3.63, 3.8) is 0 Å². The van der Waals surface area contributed by atoms with Crippen LogP contribution >= 0.6 is 0 Å². The summed E-state index contributed by atoms with van der Waals surface area (Å²) < 4.78 is 0. The van der Waals surface area contributed by atoms with Crippen LogP contribution < -0.4 is 16.0 Å². The standard InChI is InChI=1S/C14H23N5O/c1-9(2)11-12(15)17-8-18-13(11)19-7-5-4-6-10(19)14(20)16-3/h8-10H,4-7H2,1-3H3,(H,16,20)(H2,15,17,18). The highest BCUT2D eigenvalue weighted by Gasteiger charge is 2.31. The van der Waals surface area contributed by atoms with Gasteiger partial charge < -0.3 is 16.0 Å². The Hall–Kier alpha value is -1.85. The van der Waals surface area contributed by atoms with Gasteiger partial charge in [0.1, 0.15) is 24.0 Å². The highest BCUT2D eigenvalue weighted by molar-refractivity contribution is 5.85. The Labute approximate surface area is 119 Å². The summed E-state index contributed by atoms with van der Waals surface area (Å²) in [5.74, 6) is 1.57. The molecule has 0 aliphatic carbocycles. The Morgan fingerprint density at radius 3 is 2.85 bits per heavy atom. The number of piperidine rings is 1. The minimum absolute atomic E-state index is 0.0385. The van der Waals surface area contributed by atoms with Crippen molar-refractivity contribution in [3.8, 4) is 0 Å². The second kappa shape index (κ2) is 6.07. The predicted molar refractivity (Wildman–Crippen MR) is 79.6 cm³/mol. The molecule has 0 saturated carbocycles. The predicted octanol–water partition coefficient (Wildman–Crippen LogP) is 1.29. The minimum atomic E-state index is -0.166. The molecule has 0 bridgehead atoms. The Morgan fingerprint density at radius 1 is 1.45 bits per heavy atom. The summed E-state index contributed by atoms with van der Waals surface area (Å²) in [6.07, 6.45) is 4.45. The summed E-state index contributed by atoms with van der Waals surface area (Å²) in [6.45, 7) is 4.96. The zero-order chi connectivity index (χ0) is 14.7. The first kappa shape index (κ1) is 14.6. The number of carbonyl (C=O) groups excluding carboxylic acids is 1. The smallest absolute Gasteiger partial charge is 0.242 e. The third kappa shape index (κ3) is 2.69. The molecule has 1 fully saturated rings. The Morgan fingerprint density at radius 2 is 2.20 bits per heavy atom. The average Bonchev–Trinajstić information content (AvgIpc) is 2.45. The molecule has 1 aliphatic rings. The number of nitrogens with one attached hydrogen (secondary N) is 1. The lowest BCUT2D eigenvalue weighted by atomic mass is 9.98. The summed E-state index contributed by atoms with van der Waals surface area (Å²) in [4.78, 5) is 22.7. The van der Waals surface area contributed by atoms with E-state index in [1.807, 2.05) is 0 Å². The van der Waals surface area contributed by atoms with Crippen molar-refractivity contribution in [1.29, 1.82) is 0 Å². The van der Waals surface area contributed by atoms with Gasteiger partial charge in [-0.05, 0) is 25.2 Å². The van der Waals surface area contributed by atoms with Crippen molar-refractivity contribution < 1.29 is 4.79 Å². The van der Waals surface area contributed by atoms with Crippen LogP contribution in [0.5, 0.6) is 0 Å². The Balaban J connectivity index is 2.42. The molecule has 1 amide bonds. The number of amides is 1. The van der Waals surface area contributed by atoms with Crippen LogP contribution in [-0.4, -0.2) is 35.5 Å². The molecule has 1 unspecified atom stereocenters. The zero-order valence-electron chi connectivity index (χ0n) is 12.4. The van der Waals surface area contributed by atoms with E-state index in [1.165, 1.54) is 6.33 Å². The van der Waals surface area contributed by atoms with Crippen molar-refractivity contribution in [2.24, 2.45) is 0 Å². The molecule has 1 aromatic heterocycles. The van der Waals surface area contributed by atoms with E-state index in [0.29, 0.717) is 5.82 Å². The lowest BCUT2D eigenvalue weighted by Crippen LogP contribution is -2.49. The van der Waals surface area contributed by atoms with Crippen molar-refractivity contribution in [1.82, 2.24) is 15.3 Å². The number of hydrogen-bond acceptors (Lipinski definition) is 5. The quantitative estimate of drug-likeness (QED) is 0.869. The number of nitrogens with zero attached hydrogens (tertiary/aromatic N) is 3. The van der Waals surface area contributed by atoms with Crippen LogP contribution in [0.2, 0.25) is 0 Å². The number of anilines is 2. The highest BCUT2D eigenvalue weighted by atomic mass is 16.2. The SMILES string of the molecule is CNC(=O)C1CCCCN1c1ncnc(N)c1C(C)C. The van der Waals surface area contributed by atoms with Crippen LogP contribution in [0, 0.1) is 0 Å². The van der Waals surface area contributed by atoms with Gasteiger partial charge in [0, 0.05) is 19.2 Å². The van der Waals surface area contributed by atoms with E-state index < -0.39 is 0 Å². The number of hydrogen-bond donors (Lipinski definition) is 2. The van der Waals surface area contributed by atoms with Gasteiger partial charge in [-0.2, -0.15) is 0 Å². The van der Waals surface area contributed by atoms with E-state index in [1.54, 1.807) is 7.05 Å². The molecule has 1 aromatic rings. The number of carbonyl (C=O) groups is 1. The maximum Gasteiger partial charge on any atom is 0.242 e. The molecule has 3 N–H and O–H groups in total. The monoisotopic (exact) mass is 277 g/mol. The molecule has 2 rings (SSSR count). The summed E-state index contributed by atoms with van der Waals surface area (Å²) in [7, 11) is 1.67. The molecule has 0 spiro atoms. The van der Waals surface area contributed by atoms with Crippen molar-refractivity contribution in [3.05, 3.63) is 11.9 Å². The largest absolute Gasteiger partial charge is 0.383 e. The summed E-state index contributed by atoms with van der Waals surface area (Å²) in [5.41, 5.74) is 6.94. The normalized spacial score (nSPS) is 19.2. The van der Waals surface area contributed by atoms with Gasteiger partial charge in [0.15, 0.2) is 0 Å². The van der Waals surface area contributed by atoms with Crippen LogP contribution in [-0.2, 0) is 4.79 Å². The van der Waals surface area contributed by atoms with Crippen LogP contribution in [0.15, 0.2) is 6.33 Å². The summed E-state index contributed by atoms with van der Waals surface area (Å²) in [6, 6.07) is -0.166. The van der Waals surface area contributed by atoms with E-state index >= 15 is 0 Å². The molecule has 20 heavy (non-hydrogen) atoms. The molecular weight excluding hydrogens is 254 g/mol. The fraction of sp³-hybridized carbons (Fsp3) is 0.643. The van der Waals surface area contributed by atoms with Crippen LogP contribution in [0.1, 0.15) is 44.6 Å². The first-order chi connectivity index (χ1) is 9.56.